The zero-order valence-corrected chi connectivity index (χ0v) is 17.5. The van der Waals surface area contributed by atoms with Crippen LogP contribution in [0, 0.1) is 5.92 Å². The number of ketones is 1. The minimum absolute atomic E-state index is 0.0793. The Morgan fingerprint density at radius 2 is 1.76 bits per heavy atom. The first-order chi connectivity index (χ1) is 13.9. The molecular weight excluding hydrogens is 366 g/mol. The Morgan fingerprint density at radius 1 is 1.03 bits per heavy atom. The Bertz CT molecular complexity index is 975. The van der Waals surface area contributed by atoms with Gasteiger partial charge in [0, 0.05) is 37.8 Å². The van der Waals surface area contributed by atoms with Gasteiger partial charge in [0.05, 0.1) is 6.61 Å². The summed E-state index contributed by atoms with van der Waals surface area (Å²) in [6, 6.07) is 10.1. The molecule has 0 atom stereocenters. The number of fused-ring (bicyclic) bond motifs is 2. The summed E-state index contributed by atoms with van der Waals surface area (Å²) in [7, 11) is 4.01. The number of hydrogen-bond donors (Lipinski definition) is 0. The van der Waals surface area contributed by atoms with Crippen LogP contribution in [0.15, 0.2) is 36.4 Å². The van der Waals surface area contributed by atoms with Gasteiger partial charge in [-0.2, -0.15) is 0 Å². The minimum atomic E-state index is 0.0793. The third-order valence-electron chi connectivity index (χ3n) is 5.07. The van der Waals surface area contributed by atoms with Crippen molar-refractivity contribution in [3.05, 3.63) is 53.1 Å². The molecule has 0 radical (unpaired) electrons. The molecule has 1 aliphatic heterocycles. The summed E-state index contributed by atoms with van der Waals surface area (Å²) >= 11 is 0. The minimum Gasteiger partial charge on any atom is -0.493 e. The average Bonchev–Trinajstić information content (AvgIpc) is 2.70. The van der Waals surface area contributed by atoms with E-state index in [1.54, 1.807) is 6.08 Å². The molecule has 1 heterocycles. The number of rotatable bonds is 5. The van der Waals surface area contributed by atoms with Gasteiger partial charge in [-0.1, -0.05) is 13.8 Å². The van der Waals surface area contributed by atoms with Crippen molar-refractivity contribution >= 4 is 17.0 Å². The molecule has 29 heavy (non-hydrogen) atoms. The lowest BCUT2D eigenvalue weighted by Gasteiger charge is -2.25. The second-order valence-electron chi connectivity index (χ2n) is 8.13. The van der Waals surface area contributed by atoms with Gasteiger partial charge in [-0.15, -0.1) is 0 Å². The zero-order valence-electron chi connectivity index (χ0n) is 17.5. The molecule has 152 valence electrons. The summed E-state index contributed by atoms with van der Waals surface area (Å²) in [5, 5.41) is 0. The fraction of sp³-hybridized carbons (Fsp3) is 0.375. The molecule has 0 unspecified atom stereocenters. The van der Waals surface area contributed by atoms with Gasteiger partial charge in [-0.25, -0.2) is 0 Å². The molecule has 0 N–H and O–H groups in total. The van der Waals surface area contributed by atoms with E-state index < -0.39 is 0 Å². The average molecular weight is 393 g/mol. The number of carbonyl (C=O) groups excluding carboxylic acids is 1. The number of ether oxygens (including phenoxy) is 3. The van der Waals surface area contributed by atoms with Crippen LogP contribution < -0.4 is 19.1 Å². The maximum absolute atomic E-state index is 12.5. The van der Waals surface area contributed by atoms with Gasteiger partial charge >= 0.3 is 0 Å². The normalized spacial score (nSPS) is 15.1. The lowest BCUT2D eigenvalue weighted by molar-refractivity contribution is -0.114. The predicted molar refractivity (Wildman–Crippen MR) is 114 cm³/mol. The smallest absolute Gasteiger partial charge is 0.161 e. The van der Waals surface area contributed by atoms with Gasteiger partial charge in [-0.05, 0) is 53.0 Å². The van der Waals surface area contributed by atoms with Crippen molar-refractivity contribution in [3.63, 3.8) is 0 Å². The Balaban J connectivity index is 1.82. The Labute approximate surface area is 171 Å². The second-order valence-corrected chi connectivity index (χ2v) is 8.13. The van der Waals surface area contributed by atoms with Gasteiger partial charge in [-0.3, -0.25) is 4.79 Å². The van der Waals surface area contributed by atoms with Crippen LogP contribution in [0.3, 0.4) is 0 Å². The lowest BCUT2D eigenvalue weighted by atomic mass is 9.85. The van der Waals surface area contributed by atoms with Crippen molar-refractivity contribution in [2.24, 2.45) is 5.92 Å². The molecule has 4 rings (SSSR count). The van der Waals surface area contributed by atoms with Crippen molar-refractivity contribution in [1.82, 2.24) is 0 Å². The molecule has 5 heteroatoms. The van der Waals surface area contributed by atoms with Gasteiger partial charge in [0.15, 0.2) is 17.3 Å². The van der Waals surface area contributed by atoms with E-state index in [0.717, 1.165) is 39.4 Å². The Hall–Kier alpha value is -2.95. The number of nitrogens with zero attached hydrogens (tertiary/aromatic N) is 1. The van der Waals surface area contributed by atoms with Crippen LogP contribution in [0.5, 0.6) is 17.2 Å². The summed E-state index contributed by atoms with van der Waals surface area (Å²) in [5.74, 6) is 2.70. The standard InChI is InChI=1S/C24H27NO4/c1-15(2)14-29-22-11-17(25(3)4)5-6-19(22)21-12-18(26)9-16-10-23-24(13-20(16)21)28-8-7-27-23/h5-6,10-13,15H,7-9,14H2,1-4H3. The highest BCUT2D eigenvalue weighted by Crippen LogP contribution is 2.42. The Kier molecular flexibility index (Phi) is 5.22. The summed E-state index contributed by atoms with van der Waals surface area (Å²) in [4.78, 5) is 14.6. The van der Waals surface area contributed by atoms with E-state index in [4.69, 9.17) is 14.2 Å². The molecule has 0 amide bonds. The third kappa shape index (κ3) is 3.95. The molecule has 0 aromatic heterocycles. The highest BCUT2D eigenvalue weighted by Gasteiger charge is 2.25. The fourth-order valence-corrected chi connectivity index (χ4v) is 3.62. The molecule has 5 nitrogen and oxygen atoms in total. The highest BCUT2D eigenvalue weighted by atomic mass is 16.6. The molecule has 2 aromatic rings. The maximum atomic E-state index is 12.5. The van der Waals surface area contributed by atoms with E-state index in [2.05, 4.69) is 19.9 Å². The first kappa shape index (κ1) is 19.4. The molecule has 2 aliphatic rings. The van der Waals surface area contributed by atoms with Crippen molar-refractivity contribution in [2.45, 2.75) is 20.3 Å². The van der Waals surface area contributed by atoms with Crippen molar-refractivity contribution in [2.75, 3.05) is 38.8 Å². The monoisotopic (exact) mass is 393 g/mol. The quantitative estimate of drug-likeness (QED) is 0.765. The lowest BCUT2D eigenvalue weighted by Crippen LogP contribution is -2.18. The van der Waals surface area contributed by atoms with Crippen molar-refractivity contribution < 1.29 is 19.0 Å². The first-order valence-electron chi connectivity index (χ1n) is 10.0. The van der Waals surface area contributed by atoms with Crippen LogP contribution in [0.2, 0.25) is 0 Å². The summed E-state index contributed by atoms with van der Waals surface area (Å²) in [6.45, 7) is 5.92. The van der Waals surface area contributed by atoms with E-state index in [-0.39, 0.29) is 5.78 Å². The van der Waals surface area contributed by atoms with E-state index in [1.807, 2.05) is 43.3 Å². The molecule has 0 fully saturated rings. The van der Waals surface area contributed by atoms with Gasteiger partial charge in [0.25, 0.3) is 0 Å². The van der Waals surface area contributed by atoms with Crippen LogP contribution in [-0.4, -0.2) is 39.7 Å². The molecule has 1 aliphatic carbocycles. The molecular formula is C24H27NO4. The number of allylic oxidation sites excluding steroid dienone is 1. The van der Waals surface area contributed by atoms with Crippen molar-refractivity contribution in [1.29, 1.82) is 0 Å². The van der Waals surface area contributed by atoms with Crippen LogP contribution in [0.25, 0.3) is 5.57 Å². The van der Waals surface area contributed by atoms with E-state index in [1.165, 1.54) is 0 Å². The van der Waals surface area contributed by atoms with E-state index in [0.29, 0.717) is 37.9 Å². The van der Waals surface area contributed by atoms with Gasteiger partial charge in [0.1, 0.15) is 19.0 Å². The number of anilines is 1. The number of benzene rings is 2. The highest BCUT2D eigenvalue weighted by molar-refractivity contribution is 6.06. The van der Waals surface area contributed by atoms with Crippen LogP contribution in [0.4, 0.5) is 5.69 Å². The Morgan fingerprint density at radius 3 is 2.45 bits per heavy atom. The maximum Gasteiger partial charge on any atom is 0.161 e. The molecule has 2 aromatic carbocycles. The van der Waals surface area contributed by atoms with Gasteiger partial charge in [0.2, 0.25) is 0 Å². The summed E-state index contributed by atoms with van der Waals surface area (Å²) in [5.41, 5.74) is 4.81. The van der Waals surface area contributed by atoms with Crippen LogP contribution >= 0.6 is 0 Å². The SMILES string of the molecule is CC(C)COc1cc(N(C)C)ccc1C1=CC(=O)Cc2cc3c(cc21)OCCO3. The third-order valence-corrected chi connectivity index (χ3v) is 5.07. The van der Waals surface area contributed by atoms with Gasteiger partial charge < -0.3 is 19.1 Å². The number of hydrogen-bond acceptors (Lipinski definition) is 5. The molecule has 0 spiro atoms. The fourth-order valence-electron chi connectivity index (χ4n) is 3.62. The summed E-state index contributed by atoms with van der Waals surface area (Å²) in [6.07, 6.45) is 2.10. The van der Waals surface area contributed by atoms with E-state index in [9.17, 15) is 4.79 Å². The largest absolute Gasteiger partial charge is 0.493 e. The molecule has 0 saturated heterocycles. The van der Waals surface area contributed by atoms with Crippen molar-refractivity contribution in [3.8, 4) is 17.2 Å². The summed E-state index contributed by atoms with van der Waals surface area (Å²) < 4.78 is 17.7. The first-order valence-corrected chi connectivity index (χ1v) is 10.0. The second kappa shape index (κ2) is 7.82. The molecule has 0 saturated carbocycles. The van der Waals surface area contributed by atoms with Crippen LogP contribution in [0.1, 0.15) is 30.5 Å². The molecule has 0 bridgehead atoms. The predicted octanol–water partition coefficient (Wildman–Crippen LogP) is 4.12. The topological polar surface area (TPSA) is 48.0 Å². The zero-order chi connectivity index (χ0) is 20.5. The van der Waals surface area contributed by atoms with E-state index >= 15 is 0 Å². The number of carbonyl (C=O) groups is 1. The van der Waals surface area contributed by atoms with Crippen LogP contribution in [-0.2, 0) is 11.2 Å².